The quantitative estimate of drug-likeness (QED) is 0.290. The molecule has 2 amide bonds. The number of piperidine rings is 1. The van der Waals surface area contributed by atoms with Crippen LogP contribution in [-0.4, -0.2) is 97.7 Å². The summed E-state index contributed by atoms with van der Waals surface area (Å²) in [5, 5.41) is 2.87. The molecule has 2 aromatic carbocycles. The Labute approximate surface area is 311 Å². The molecule has 2 aliphatic heterocycles. The molecule has 0 bridgehead atoms. The molecule has 2 heterocycles. The molecule has 1 atom stereocenters. The van der Waals surface area contributed by atoms with Crippen LogP contribution in [0.3, 0.4) is 0 Å². The van der Waals surface area contributed by atoms with E-state index in [1.165, 1.54) is 47.8 Å². The van der Waals surface area contributed by atoms with Gasteiger partial charge in [0.15, 0.2) is 0 Å². The van der Waals surface area contributed by atoms with Crippen molar-refractivity contribution < 1.29 is 40.7 Å². The molecule has 6 rings (SSSR count). The van der Waals surface area contributed by atoms with Gasteiger partial charge in [-0.15, -0.1) is 0 Å². The Hall–Kier alpha value is -3.36. The molecule has 4 fully saturated rings. The SMILES string of the molecule is CC(C)(C)OC(=O)NC1CCN(C(=O)[C@@H]2CN(Cc3ccc(C4(C(F)(F)F)CC4)cc3)CCN2S(=O)(=O)c2ccc(OCC3CCCCC3)cc2)CC1. The predicted molar refractivity (Wildman–Crippen MR) is 194 cm³/mol. The number of sulfonamides is 1. The number of hydrogen-bond acceptors (Lipinski definition) is 7. The third-order valence-corrected chi connectivity index (χ3v) is 13.0. The fourth-order valence-corrected chi connectivity index (χ4v) is 9.41. The Morgan fingerprint density at radius 3 is 2.09 bits per heavy atom. The smallest absolute Gasteiger partial charge is 0.407 e. The first-order chi connectivity index (χ1) is 25.0. The minimum Gasteiger partial charge on any atom is -0.493 e. The zero-order chi connectivity index (χ0) is 38.0. The maximum atomic E-state index is 14.3. The Morgan fingerprint density at radius 2 is 1.51 bits per heavy atom. The number of benzene rings is 2. The van der Waals surface area contributed by atoms with Crippen LogP contribution in [0.5, 0.6) is 5.75 Å². The molecular formula is C39H53F3N4O6S. The highest BCUT2D eigenvalue weighted by Gasteiger charge is 2.64. The second-order valence-electron chi connectivity index (χ2n) is 16.2. The van der Waals surface area contributed by atoms with E-state index >= 15 is 0 Å². The molecule has 4 aliphatic rings. The Morgan fingerprint density at radius 1 is 0.868 bits per heavy atom. The van der Waals surface area contributed by atoms with E-state index in [1.807, 2.05) is 4.90 Å². The van der Waals surface area contributed by atoms with Crippen molar-refractivity contribution in [2.75, 3.05) is 39.3 Å². The van der Waals surface area contributed by atoms with Crippen LogP contribution < -0.4 is 10.1 Å². The van der Waals surface area contributed by atoms with Gasteiger partial charge in [0.25, 0.3) is 0 Å². The van der Waals surface area contributed by atoms with Gasteiger partial charge in [-0.1, -0.05) is 43.5 Å². The van der Waals surface area contributed by atoms with Crippen molar-refractivity contribution in [2.45, 2.75) is 119 Å². The van der Waals surface area contributed by atoms with Crippen LogP contribution in [0.4, 0.5) is 18.0 Å². The van der Waals surface area contributed by atoms with Gasteiger partial charge in [-0.05, 0) is 101 Å². The summed E-state index contributed by atoms with van der Waals surface area (Å²) in [6.45, 7) is 7.48. The predicted octanol–water partition coefficient (Wildman–Crippen LogP) is 6.63. The molecule has 2 aliphatic carbocycles. The number of hydrogen-bond donors (Lipinski definition) is 1. The van der Waals surface area contributed by atoms with Crippen LogP contribution in [-0.2, 0) is 31.5 Å². The van der Waals surface area contributed by atoms with Crippen molar-refractivity contribution in [1.29, 1.82) is 0 Å². The van der Waals surface area contributed by atoms with Gasteiger partial charge in [-0.3, -0.25) is 9.69 Å². The van der Waals surface area contributed by atoms with E-state index in [-0.39, 0.29) is 48.3 Å². The lowest BCUT2D eigenvalue weighted by molar-refractivity contribution is -0.160. The molecular weight excluding hydrogens is 710 g/mol. The number of rotatable bonds is 10. The summed E-state index contributed by atoms with van der Waals surface area (Å²) in [6, 6.07) is 11.7. The van der Waals surface area contributed by atoms with Crippen molar-refractivity contribution in [2.24, 2.45) is 5.92 Å². The molecule has 14 heteroatoms. The molecule has 53 heavy (non-hydrogen) atoms. The maximum absolute atomic E-state index is 14.3. The number of halogens is 3. The molecule has 2 aromatic rings. The van der Waals surface area contributed by atoms with Crippen LogP contribution in [0.1, 0.15) is 89.7 Å². The number of piperazine rings is 1. The molecule has 0 aromatic heterocycles. The number of likely N-dealkylation sites (tertiary alicyclic amines) is 1. The monoisotopic (exact) mass is 762 g/mol. The summed E-state index contributed by atoms with van der Waals surface area (Å²) in [5.74, 6) is 0.780. The summed E-state index contributed by atoms with van der Waals surface area (Å²) < 4.78 is 82.3. The first-order valence-electron chi connectivity index (χ1n) is 19.0. The van der Waals surface area contributed by atoms with E-state index in [9.17, 15) is 31.2 Å². The number of carbonyl (C=O) groups excluding carboxylic acids is 2. The first kappa shape index (κ1) is 39.3. The summed E-state index contributed by atoms with van der Waals surface area (Å²) in [6.07, 6.45) is 2.25. The van der Waals surface area contributed by atoms with Crippen molar-refractivity contribution in [1.82, 2.24) is 19.4 Å². The van der Waals surface area contributed by atoms with Gasteiger partial charge in [0.2, 0.25) is 15.9 Å². The van der Waals surface area contributed by atoms with Crippen LogP contribution in [0.25, 0.3) is 0 Å². The molecule has 292 valence electrons. The summed E-state index contributed by atoms with van der Waals surface area (Å²) in [7, 11) is -4.09. The van der Waals surface area contributed by atoms with Crippen LogP contribution in [0.2, 0.25) is 0 Å². The van der Waals surface area contributed by atoms with Gasteiger partial charge < -0.3 is 19.7 Å². The van der Waals surface area contributed by atoms with Crippen molar-refractivity contribution in [3.05, 3.63) is 59.7 Å². The molecule has 2 saturated carbocycles. The largest absolute Gasteiger partial charge is 0.493 e. The topological polar surface area (TPSA) is 108 Å². The van der Waals surface area contributed by atoms with Crippen LogP contribution in [0.15, 0.2) is 53.4 Å². The van der Waals surface area contributed by atoms with E-state index in [0.29, 0.717) is 57.3 Å². The average molecular weight is 763 g/mol. The minimum atomic E-state index is -4.30. The summed E-state index contributed by atoms with van der Waals surface area (Å²) >= 11 is 0. The van der Waals surface area contributed by atoms with E-state index < -0.39 is 39.4 Å². The third kappa shape index (κ3) is 9.48. The van der Waals surface area contributed by atoms with Gasteiger partial charge in [-0.2, -0.15) is 17.5 Å². The number of alkyl carbamates (subject to hydrolysis) is 1. The summed E-state index contributed by atoms with van der Waals surface area (Å²) in [5.41, 5.74) is -1.37. The second kappa shape index (κ2) is 15.8. The highest BCUT2D eigenvalue weighted by atomic mass is 32.2. The molecule has 10 nitrogen and oxygen atoms in total. The molecule has 1 N–H and O–H groups in total. The summed E-state index contributed by atoms with van der Waals surface area (Å²) in [4.78, 5) is 30.3. The Balaban J connectivity index is 1.15. The number of ether oxygens (including phenoxy) is 2. The first-order valence-corrected chi connectivity index (χ1v) is 20.4. The number of nitrogens with one attached hydrogen (secondary N) is 1. The van der Waals surface area contributed by atoms with E-state index in [2.05, 4.69) is 5.32 Å². The fourth-order valence-electron chi connectivity index (χ4n) is 7.84. The molecule has 0 radical (unpaired) electrons. The lowest BCUT2D eigenvalue weighted by atomic mass is 9.90. The Kier molecular flexibility index (Phi) is 11.7. The van der Waals surface area contributed by atoms with Gasteiger partial charge in [0.1, 0.15) is 17.4 Å². The zero-order valence-electron chi connectivity index (χ0n) is 31.0. The number of carbonyl (C=O) groups is 2. The average Bonchev–Trinajstić information content (AvgIpc) is 3.94. The van der Waals surface area contributed by atoms with Crippen molar-refractivity contribution >= 4 is 22.0 Å². The number of amides is 2. The third-order valence-electron chi connectivity index (χ3n) is 11.1. The number of nitrogens with zero attached hydrogens (tertiary/aromatic N) is 3. The van der Waals surface area contributed by atoms with E-state index in [1.54, 1.807) is 49.9 Å². The standard InChI is InChI=1S/C39H53F3N4O6S/c1-37(2,3)52-36(48)43-31-17-21-45(22-18-31)35(47)34-26-44(25-28-9-11-30(12-10-28)38(19-20-38)39(40,41)42)23-24-46(34)53(49,50)33-15-13-32(14-16-33)51-27-29-7-5-4-6-8-29/h9-16,29,31,34H,4-8,17-27H2,1-3H3,(H,43,48)/t34-/m0/s1. The van der Waals surface area contributed by atoms with Crippen LogP contribution in [0, 0.1) is 5.92 Å². The molecule has 2 saturated heterocycles. The highest BCUT2D eigenvalue weighted by Crippen LogP contribution is 2.58. The highest BCUT2D eigenvalue weighted by molar-refractivity contribution is 7.89. The van der Waals surface area contributed by atoms with E-state index in [4.69, 9.17) is 9.47 Å². The van der Waals surface area contributed by atoms with Crippen molar-refractivity contribution in [3.63, 3.8) is 0 Å². The van der Waals surface area contributed by atoms with Gasteiger partial charge >= 0.3 is 12.3 Å². The van der Waals surface area contributed by atoms with Gasteiger partial charge in [0, 0.05) is 45.3 Å². The normalized spacial score (nSPS) is 22.3. The lowest BCUT2D eigenvalue weighted by Gasteiger charge is -2.42. The minimum absolute atomic E-state index is 0.0601. The maximum Gasteiger partial charge on any atom is 0.407 e. The Bertz CT molecular complexity index is 1680. The van der Waals surface area contributed by atoms with E-state index in [0.717, 1.165) is 18.4 Å². The molecule has 0 spiro atoms. The number of alkyl halides is 3. The zero-order valence-corrected chi connectivity index (χ0v) is 31.8. The molecule has 0 unspecified atom stereocenters. The fraction of sp³-hybridized carbons (Fsp3) is 0.641. The lowest BCUT2D eigenvalue weighted by Crippen LogP contribution is -2.61. The van der Waals surface area contributed by atoms with Gasteiger partial charge in [-0.25, -0.2) is 13.2 Å². The van der Waals surface area contributed by atoms with Gasteiger partial charge in [0.05, 0.1) is 16.9 Å². The second-order valence-corrected chi connectivity index (χ2v) is 18.1. The van der Waals surface area contributed by atoms with Crippen molar-refractivity contribution in [3.8, 4) is 5.75 Å². The van der Waals surface area contributed by atoms with Crippen LogP contribution >= 0.6 is 0 Å².